The summed E-state index contributed by atoms with van der Waals surface area (Å²) in [6, 6.07) is 0. The summed E-state index contributed by atoms with van der Waals surface area (Å²) in [6.07, 6.45) is 0. The highest BCUT2D eigenvalue weighted by Gasteiger charge is 2.12. The summed E-state index contributed by atoms with van der Waals surface area (Å²) >= 11 is 1.17. The maximum absolute atomic E-state index is 8.86. The van der Waals surface area contributed by atoms with Crippen molar-refractivity contribution in [2.24, 2.45) is 0 Å². The van der Waals surface area contributed by atoms with Crippen LogP contribution in [0.25, 0.3) is 0 Å². The smallest absolute Gasteiger partial charge is 0.234 e. The van der Waals surface area contributed by atoms with E-state index < -0.39 is 0 Å². The van der Waals surface area contributed by atoms with Gasteiger partial charge in [0, 0.05) is 11.5 Å². The molecule has 0 unspecified atom stereocenters. The van der Waals surface area contributed by atoms with E-state index in [-0.39, 0.29) is 6.61 Å². The number of nitrogens with zero attached hydrogens (tertiary/aromatic N) is 1. The number of aromatic nitrogens is 1. The molecule has 1 aromatic heterocycles. The van der Waals surface area contributed by atoms with Crippen LogP contribution in [-0.2, 0) is 6.61 Å². The maximum Gasteiger partial charge on any atom is 0.234 e. The summed E-state index contributed by atoms with van der Waals surface area (Å²) in [4.78, 5) is 0. The van der Waals surface area contributed by atoms with Gasteiger partial charge < -0.3 is 14.6 Å². The Balaban J connectivity index is 2.99. The minimum Gasteiger partial charge on any atom is -0.486 e. The van der Waals surface area contributed by atoms with E-state index in [0.29, 0.717) is 16.5 Å². The van der Waals surface area contributed by atoms with Crippen molar-refractivity contribution in [1.29, 1.82) is 0 Å². The molecule has 0 aliphatic rings. The quantitative estimate of drug-likeness (QED) is 0.733. The highest BCUT2D eigenvalue weighted by molar-refractivity contribution is 7.08. The second-order valence-electron chi connectivity index (χ2n) is 1.82. The number of methoxy groups -OCH3 is 2. The maximum atomic E-state index is 8.86. The van der Waals surface area contributed by atoms with Gasteiger partial charge >= 0.3 is 0 Å². The molecular weight excluding hydrogens is 166 g/mol. The fourth-order valence-electron chi connectivity index (χ4n) is 0.734. The number of aliphatic hydroxyl groups excluding tert-OH is 1. The molecule has 0 saturated carbocycles. The average Bonchev–Trinajstić information content (AvgIpc) is 2.45. The van der Waals surface area contributed by atoms with Gasteiger partial charge in [0.15, 0.2) is 0 Å². The Morgan fingerprint density at radius 1 is 1.45 bits per heavy atom. The molecule has 0 atom stereocenters. The third-order valence-corrected chi connectivity index (χ3v) is 2.09. The minimum atomic E-state index is -0.108. The highest BCUT2D eigenvalue weighted by atomic mass is 32.1. The molecule has 1 N–H and O–H groups in total. The molecule has 0 aromatic carbocycles. The standard InChI is InChI=1S/C6H9NO3S/c1-9-5-4(3-8)6(10-2)11-7-5/h8H,3H2,1-2H3. The van der Waals surface area contributed by atoms with E-state index in [2.05, 4.69) is 4.37 Å². The van der Waals surface area contributed by atoms with E-state index in [1.165, 1.54) is 25.8 Å². The summed E-state index contributed by atoms with van der Waals surface area (Å²) in [7, 11) is 3.04. The van der Waals surface area contributed by atoms with Crippen molar-refractivity contribution >= 4 is 11.5 Å². The summed E-state index contributed by atoms with van der Waals surface area (Å²) < 4.78 is 13.7. The molecule has 1 heterocycles. The summed E-state index contributed by atoms with van der Waals surface area (Å²) in [5, 5.41) is 9.46. The van der Waals surface area contributed by atoms with Gasteiger partial charge in [-0.05, 0) is 0 Å². The summed E-state index contributed by atoms with van der Waals surface area (Å²) in [6.45, 7) is -0.108. The number of ether oxygens (including phenoxy) is 2. The molecule has 0 fully saturated rings. The lowest BCUT2D eigenvalue weighted by Gasteiger charge is -1.98. The first-order valence-electron chi connectivity index (χ1n) is 3.00. The van der Waals surface area contributed by atoms with Crippen LogP contribution in [0.3, 0.4) is 0 Å². The minimum absolute atomic E-state index is 0.108. The zero-order valence-electron chi connectivity index (χ0n) is 6.33. The zero-order valence-corrected chi connectivity index (χ0v) is 7.14. The van der Waals surface area contributed by atoms with Crippen molar-refractivity contribution in [3.63, 3.8) is 0 Å². The summed E-state index contributed by atoms with van der Waals surface area (Å²) in [5.74, 6) is 0.439. The van der Waals surface area contributed by atoms with Crippen LogP contribution in [0.1, 0.15) is 5.56 Å². The van der Waals surface area contributed by atoms with Gasteiger partial charge in [0.1, 0.15) is 0 Å². The SMILES string of the molecule is COc1nsc(OC)c1CO. The van der Waals surface area contributed by atoms with E-state index in [9.17, 15) is 0 Å². The number of aliphatic hydroxyl groups is 1. The van der Waals surface area contributed by atoms with Crippen LogP contribution in [0.5, 0.6) is 10.9 Å². The molecule has 1 rings (SSSR count). The largest absolute Gasteiger partial charge is 0.486 e. The van der Waals surface area contributed by atoms with Crippen molar-refractivity contribution < 1.29 is 14.6 Å². The number of rotatable bonds is 3. The average molecular weight is 175 g/mol. The Hall–Kier alpha value is -0.810. The molecule has 0 aliphatic heterocycles. The van der Waals surface area contributed by atoms with Crippen LogP contribution >= 0.6 is 11.5 Å². The third kappa shape index (κ3) is 1.44. The van der Waals surface area contributed by atoms with Gasteiger partial charge in [-0.25, -0.2) is 0 Å². The van der Waals surface area contributed by atoms with Gasteiger partial charge in [-0.2, -0.15) is 4.37 Å². The van der Waals surface area contributed by atoms with Crippen molar-refractivity contribution in [3.05, 3.63) is 5.56 Å². The molecule has 0 amide bonds. The molecule has 62 valence electrons. The van der Waals surface area contributed by atoms with Crippen molar-refractivity contribution in [1.82, 2.24) is 4.37 Å². The first-order chi connectivity index (χ1) is 5.33. The number of hydrogen-bond donors (Lipinski definition) is 1. The molecule has 1 aromatic rings. The monoisotopic (exact) mass is 175 g/mol. The molecule has 5 heteroatoms. The molecule has 0 radical (unpaired) electrons. The second kappa shape index (κ2) is 3.54. The van der Waals surface area contributed by atoms with E-state index in [1.54, 1.807) is 0 Å². The molecule has 0 saturated heterocycles. The molecule has 11 heavy (non-hydrogen) atoms. The van der Waals surface area contributed by atoms with Gasteiger partial charge in [0.25, 0.3) is 0 Å². The predicted molar refractivity (Wildman–Crippen MR) is 41.1 cm³/mol. The van der Waals surface area contributed by atoms with Crippen LogP contribution in [-0.4, -0.2) is 23.7 Å². The van der Waals surface area contributed by atoms with Crippen molar-refractivity contribution in [2.75, 3.05) is 14.2 Å². The van der Waals surface area contributed by atoms with Gasteiger partial charge in [0.05, 0.1) is 26.4 Å². The topological polar surface area (TPSA) is 51.6 Å². The summed E-state index contributed by atoms with van der Waals surface area (Å²) in [5.41, 5.74) is 0.611. The Kier molecular flexibility index (Phi) is 2.67. The Bertz CT molecular complexity index is 214. The molecule has 0 spiro atoms. The first kappa shape index (κ1) is 8.29. The fourth-order valence-corrected chi connectivity index (χ4v) is 1.42. The second-order valence-corrected chi connectivity index (χ2v) is 2.56. The van der Waals surface area contributed by atoms with Crippen molar-refractivity contribution in [3.8, 4) is 10.9 Å². The van der Waals surface area contributed by atoms with E-state index in [1.807, 2.05) is 0 Å². The van der Waals surface area contributed by atoms with Crippen LogP contribution in [0.4, 0.5) is 0 Å². The molecular formula is C6H9NO3S. The molecule has 0 aliphatic carbocycles. The van der Waals surface area contributed by atoms with Crippen LogP contribution in [0, 0.1) is 0 Å². The highest BCUT2D eigenvalue weighted by Crippen LogP contribution is 2.31. The van der Waals surface area contributed by atoms with E-state index in [4.69, 9.17) is 14.6 Å². The van der Waals surface area contributed by atoms with E-state index >= 15 is 0 Å². The van der Waals surface area contributed by atoms with Crippen LogP contribution in [0.2, 0.25) is 0 Å². The Morgan fingerprint density at radius 3 is 2.64 bits per heavy atom. The van der Waals surface area contributed by atoms with Gasteiger partial charge in [0.2, 0.25) is 10.9 Å². The number of hydrogen-bond acceptors (Lipinski definition) is 5. The van der Waals surface area contributed by atoms with Gasteiger partial charge in [-0.3, -0.25) is 0 Å². The van der Waals surface area contributed by atoms with Crippen LogP contribution in [0.15, 0.2) is 0 Å². The lowest BCUT2D eigenvalue weighted by atomic mass is 10.4. The van der Waals surface area contributed by atoms with Crippen molar-refractivity contribution in [2.45, 2.75) is 6.61 Å². The first-order valence-corrected chi connectivity index (χ1v) is 3.78. The van der Waals surface area contributed by atoms with E-state index in [0.717, 1.165) is 0 Å². The molecule has 4 nitrogen and oxygen atoms in total. The fraction of sp³-hybridized carbons (Fsp3) is 0.500. The van der Waals surface area contributed by atoms with Gasteiger partial charge in [-0.1, -0.05) is 0 Å². The Morgan fingerprint density at radius 2 is 2.18 bits per heavy atom. The lowest BCUT2D eigenvalue weighted by Crippen LogP contribution is -1.91. The normalized spacial score (nSPS) is 9.73. The predicted octanol–water partition coefficient (Wildman–Crippen LogP) is 0.653. The lowest BCUT2D eigenvalue weighted by molar-refractivity contribution is 0.266. The Labute approximate surface area is 68.5 Å². The third-order valence-electron chi connectivity index (χ3n) is 1.25. The van der Waals surface area contributed by atoms with Gasteiger partial charge in [-0.15, -0.1) is 0 Å². The molecule has 0 bridgehead atoms. The zero-order chi connectivity index (χ0) is 8.27. The van der Waals surface area contributed by atoms with Crippen LogP contribution < -0.4 is 9.47 Å².